The van der Waals surface area contributed by atoms with Crippen LogP contribution < -0.4 is 10.6 Å². The van der Waals surface area contributed by atoms with Crippen LogP contribution in [0.1, 0.15) is 32.3 Å². The number of rotatable bonds is 8. The lowest BCUT2D eigenvalue weighted by Crippen LogP contribution is -2.48. The van der Waals surface area contributed by atoms with Crippen molar-refractivity contribution < 1.29 is 14.3 Å². The standard InChI is InChI=1S/C19H23N3O3/c1-3-25-18(24)11-6-14-4-9-16(10-5-14)21-12-17(23)22-19(2,13-20)15-7-8-15/h4-6,9-11,15,21H,3,7-8,12H2,1-2H3,(H,22,23)/b11-6+. The molecule has 1 amide bonds. The van der Waals surface area contributed by atoms with Gasteiger partial charge in [0.15, 0.2) is 0 Å². The summed E-state index contributed by atoms with van der Waals surface area (Å²) in [4.78, 5) is 23.3. The highest BCUT2D eigenvalue weighted by molar-refractivity contribution is 5.87. The zero-order valence-corrected chi connectivity index (χ0v) is 14.5. The Bertz CT molecular complexity index is 687. The van der Waals surface area contributed by atoms with Gasteiger partial charge in [0, 0.05) is 11.8 Å². The quantitative estimate of drug-likeness (QED) is 0.560. The van der Waals surface area contributed by atoms with Crippen molar-refractivity contribution in [1.82, 2.24) is 5.32 Å². The molecule has 0 aromatic heterocycles. The van der Waals surface area contributed by atoms with Crippen molar-refractivity contribution >= 4 is 23.6 Å². The number of hydrogen-bond donors (Lipinski definition) is 2. The molecule has 1 unspecified atom stereocenters. The second-order valence-electron chi connectivity index (χ2n) is 6.20. The summed E-state index contributed by atoms with van der Waals surface area (Å²) >= 11 is 0. The van der Waals surface area contributed by atoms with Crippen molar-refractivity contribution in [3.05, 3.63) is 35.9 Å². The van der Waals surface area contributed by atoms with Crippen LogP contribution in [0.15, 0.2) is 30.3 Å². The van der Waals surface area contributed by atoms with Crippen LogP contribution in [-0.2, 0) is 14.3 Å². The maximum atomic E-state index is 12.0. The highest BCUT2D eigenvalue weighted by Crippen LogP contribution is 2.39. The second-order valence-corrected chi connectivity index (χ2v) is 6.20. The fourth-order valence-electron chi connectivity index (χ4n) is 2.46. The van der Waals surface area contributed by atoms with E-state index < -0.39 is 5.54 Å². The lowest BCUT2D eigenvalue weighted by atomic mass is 9.98. The van der Waals surface area contributed by atoms with Gasteiger partial charge in [-0.25, -0.2) is 4.79 Å². The Labute approximate surface area is 147 Å². The van der Waals surface area contributed by atoms with Gasteiger partial charge in [-0.3, -0.25) is 4.79 Å². The number of esters is 1. The van der Waals surface area contributed by atoms with E-state index in [0.717, 1.165) is 24.1 Å². The molecule has 0 saturated heterocycles. The summed E-state index contributed by atoms with van der Waals surface area (Å²) in [7, 11) is 0. The molecule has 0 spiro atoms. The van der Waals surface area contributed by atoms with Crippen LogP contribution in [-0.4, -0.2) is 30.6 Å². The SMILES string of the molecule is CCOC(=O)/C=C/c1ccc(NCC(=O)NC(C)(C#N)C2CC2)cc1. The molecular weight excluding hydrogens is 318 g/mol. The number of nitrogens with one attached hydrogen (secondary N) is 2. The normalized spacial score (nSPS) is 15.9. The highest BCUT2D eigenvalue weighted by Gasteiger charge is 2.42. The molecule has 1 aromatic carbocycles. The second kappa shape index (κ2) is 8.34. The summed E-state index contributed by atoms with van der Waals surface area (Å²) in [5.74, 6) is -0.327. The maximum absolute atomic E-state index is 12.0. The summed E-state index contributed by atoms with van der Waals surface area (Å²) in [5, 5.41) is 15.1. The Morgan fingerprint density at radius 1 is 1.36 bits per heavy atom. The molecular formula is C19H23N3O3. The van der Waals surface area contributed by atoms with Gasteiger partial charge < -0.3 is 15.4 Å². The summed E-state index contributed by atoms with van der Waals surface area (Å²) in [5.41, 5.74) is 0.864. The number of anilines is 1. The Morgan fingerprint density at radius 3 is 2.60 bits per heavy atom. The number of nitriles is 1. The van der Waals surface area contributed by atoms with E-state index in [9.17, 15) is 14.9 Å². The minimum absolute atomic E-state index is 0.0992. The predicted molar refractivity (Wildman–Crippen MR) is 95.5 cm³/mol. The van der Waals surface area contributed by atoms with Gasteiger partial charge in [-0.2, -0.15) is 5.26 Å². The molecule has 0 aliphatic heterocycles. The number of hydrogen-bond acceptors (Lipinski definition) is 5. The first-order chi connectivity index (χ1) is 12.0. The third-order valence-electron chi connectivity index (χ3n) is 4.09. The molecule has 6 heteroatoms. The summed E-state index contributed by atoms with van der Waals surface area (Å²) in [6.07, 6.45) is 5.01. The van der Waals surface area contributed by atoms with E-state index in [2.05, 4.69) is 16.7 Å². The molecule has 2 rings (SSSR count). The number of amides is 1. The molecule has 1 atom stereocenters. The number of carbonyl (C=O) groups is 2. The lowest BCUT2D eigenvalue weighted by molar-refractivity contribution is -0.137. The zero-order chi connectivity index (χ0) is 18.3. The zero-order valence-electron chi connectivity index (χ0n) is 14.5. The molecule has 1 aliphatic rings. The van der Waals surface area contributed by atoms with Crippen LogP contribution in [0.4, 0.5) is 5.69 Å². The first-order valence-electron chi connectivity index (χ1n) is 8.38. The molecule has 1 aromatic rings. The van der Waals surface area contributed by atoms with Crippen molar-refractivity contribution in [2.24, 2.45) is 5.92 Å². The van der Waals surface area contributed by atoms with Gasteiger partial charge in [0.05, 0.1) is 19.2 Å². The molecule has 25 heavy (non-hydrogen) atoms. The van der Waals surface area contributed by atoms with Crippen LogP contribution in [0.25, 0.3) is 6.08 Å². The first-order valence-corrected chi connectivity index (χ1v) is 8.38. The van der Waals surface area contributed by atoms with Gasteiger partial charge in [0.25, 0.3) is 0 Å². The Hall–Kier alpha value is -2.81. The third kappa shape index (κ3) is 5.64. The largest absolute Gasteiger partial charge is 0.463 e. The van der Waals surface area contributed by atoms with Crippen molar-refractivity contribution in [3.8, 4) is 6.07 Å². The molecule has 132 valence electrons. The van der Waals surface area contributed by atoms with Crippen molar-refractivity contribution in [2.45, 2.75) is 32.2 Å². The Kier molecular flexibility index (Phi) is 6.18. The third-order valence-corrected chi connectivity index (χ3v) is 4.09. The fourth-order valence-corrected chi connectivity index (χ4v) is 2.46. The topological polar surface area (TPSA) is 91.2 Å². The number of nitrogens with zero attached hydrogens (tertiary/aromatic N) is 1. The van der Waals surface area contributed by atoms with Crippen molar-refractivity contribution in [3.63, 3.8) is 0 Å². The fraction of sp³-hybridized carbons (Fsp3) is 0.421. The number of benzene rings is 1. The van der Waals surface area contributed by atoms with E-state index in [1.165, 1.54) is 6.08 Å². The van der Waals surface area contributed by atoms with Gasteiger partial charge in [0.2, 0.25) is 5.91 Å². The van der Waals surface area contributed by atoms with E-state index in [0.29, 0.717) is 6.61 Å². The lowest BCUT2D eigenvalue weighted by Gasteiger charge is -2.23. The maximum Gasteiger partial charge on any atom is 0.330 e. The van der Waals surface area contributed by atoms with Crippen molar-refractivity contribution in [2.75, 3.05) is 18.5 Å². The average molecular weight is 341 g/mol. The van der Waals surface area contributed by atoms with Crippen LogP contribution in [0.2, 0.25) is 0 Å². The monoisotopic (exact) mass is 341 g/mol. The molecule has 1 saturated carbocycles. The minimum Gasteiger partial charge on any atom is -0.463 e. The van der Waals surface area contributed by atoms with Crippen LogP contribution in [0.5, 0.6) is 0 Å². The van der Waals surface area contributed by atoms with E-state index in [1.54, 1.807) is 19.9 Å². The molecule has 2 N–H and O–H groups in total. The Balaban J connectivity index is 1.82. The van der Waals surface area contributed by atoms with E-state index in [-0.39, 0.29) is 24.3 Å². The van der Waals surface area contributed by atoms with Crippen LogP contribution in [0.3, 0.4) is 0 Å². The molecule has 1 fully saturated rings. The number of carbonyl (C=O) groups excluding carboxylic acids is 2. The van der Waals surface area contributed by atoms with Crippen LogP contribution in [0, 0.1) is 17.2 Å². The van der Waals surface area contributed by atoms with Crippen molar-refractivity contribution in [1.29, 1.82) is 5.26 Å². The van der Waals surface area contributed by atoms with Gasteiger partial charge in [-0.05, 0) is 56.4 Å². The predicted octanol–water partition coefficient (Wildman–Crippen LogP) is 2.48. The van der Waals surface area contributed by atoms with E-state index >= 15 is 0 Å². The molecule has 0 radical (unpaired) electrons. The minimum atomic E-state index is -0.777. The summed E-state index contributed by atoms with van der Waals surface area (Å²) in [6, 6.07) is 9.51. The first kappa shape index (κ1) is 18.5. The molecule has 0 bridgehead atoms. The van der Waals surface area contributed by atoms with E-state index in [4.69, 9.17) is 4.74 Å². The smallest absolute Gasteiger partial charge is 0.330 e. The summed E-state index contributed by atoms with van der Waals surface area (Å²) in [6.45, 7) is 3.97. The highest BCUT2D eigenvalue weighted by atomic mass is 16.5. The Morgan fingerprint density at radius 2 is 2.04 bits per heavy atom. The molecule has 0 heterocycles. The molecule has 6 nitrogen and oxygen atoms in total. The average Bonchev–Trinajstić information content (AvgIpc) is 3.45. The van der Waals surface area contributed by atoms with Gasteiger partial charge in [-0.15, -0.1) is 0 Å². The molecule has 1 aliphatic carbocycles. The van der Waals surface area contributed by atoms with Gasteiger partial charge in [-0.1, -0.05) is 12.1 Å². The van der Waals surface area contributed by atoms with Gasteiger partial charge in [0.1, 0.15) is 5.54 Å². The van der Waals surface area contributed by atoms with Gasteiger partial charge >= 0.3 is 5.97 Å². The van der Waals surface area contributed by atoms with Crippen LogP contribution >= 0.6 is 0 Å². The summed E-state index contributed by atoms with van der Waals surface area (Å²) < 4.78 is 4.82. The van der Waals surface area contributed by atoms with E-state index in [1.807, 2.05) is 24.3 Å². The number of ether oxygens (including phenoxy) is 1.